The van der Waals surface area contributed by atoms with Crippen LogP contribution in [0.5, 0.6) is 11.5 Å². The number of rotatable bonds is 4. The molecule has 0 spiro atoms. The highest BCUT2D eigenvalue weighted by Gasteiger charge is 2.18. The fourth-order valence-electron chi connectivity index (χ4n) is 1.18. The van der Waals surface area contributed by atoms with Crippen molar-refractivity contribution < 1.29 is 24.2 Å². The standard InChI is InChI=1S/C10H10O5/c1-14-6-4-3-5-7(15-2)8(6)9(11)10(12)13/h3-5H,1-2H3,(H,12,13)/p-1. The molecule has 0 radical (unpaired) electrons. The van der Waals surface area contributed by atoms with E-state index in [1.807, 2.05) is 0 Å². The Bertz CT molecular complexity index is 375. The molecule has 0 N–H and O–H groups in total. The molecule has 0 unspecified atom stereocenters. The minimum absolute atomic E-state index is 0.137. The fourth-order valence-corrected chi connectivity index (χ4v) is 1.18. The number of carboxylic acids is 1. The van der Waals surface area contributed by atoms with Crippen molar-refractivity contribution in [3.05, 3.63) is 23.8 Å². The van der Waals surface area contributed by atoms with E-state index in [0.29, 0.717) is 0 Å². The third-order valence-electron chi connectivity index (χ3n) is 1.84. The van der Waals surface area contributed by atoms with Gasteiger partial charge in [0.05, 0.1) is 14.2 Å². The summed E-state index contributed by atoms with van der Waals surface area (Å²) < 4.78 is 9.73. The number of Topliss-reactive ketones (excluding diaryl/α,β-unsaturated/α-hetero) is 1. The normalized spacial score (nSPS) is 9.47. The van der Waals surface area contributed by atoms with Gasteiger partial charge in [0, 0.05) is 0 Å². The number of carbonyl (C=O) groups is 2. The number of hydrogen-bond acceptors (Lipinski definition) is 5. The number of carboxylic acid groups (broad SMARTS) is 1. The van der Waals surface area contributed by atoms with Crippen molar-refractivity contribution in [2.24, 2.45) is 0 Å². The zero-order valence-electron chi connectivity index (χ0n) is 8.27. The van der Waals surface area contributed by atoms with Gasteiger partial charge in [0.2, 0.25) is 5.78 Å². The monoisotopic (exact) mass is 209 g/mol. The second-order valence-corrected chi connectivity index (χ2v) is 2.65. The summed E-state index contributed by atoms with van der Waals surface area (Å²) in [6.45, 7) is 0. The first kappa shape index (κ1) is 11.0. The number of hydrogen-bond donors (Lipinski definition) is 0. The molecule has 1 aromatic rings. The SMILES string of the molecule is COc1cccc(OC)c1C(=O)C(=O)[O-]. The van der Waals surface area contributed by atoms with Crippen LogP contribution in [0.15, 0.2) is 18.2 Å². The van der Waals surface area contributed by atoms with Crippen molar-refractivity contribution in [2.45, 2.75) is 0 Å². The molecule has 0 aliphatic heterocycles. The zero-order chi connectivity index (χ0) is 11.4. The van der Waals surface area contributed by atoms with E-state index >= 15 is 0 Å². The molecule has 1 aromatic carbocycles. The maximum absolute atomic E-state index is 11.3. The molecule has 15 heavy (non-hydrogen) atoms. The molecular formula is C10H9O5-. The first-order valence-corrected chi connectivity index (χ1v) is 4.08. The Morgan fingerprint density at radius 1 is 1.13 bits per heavy atom. The zero-order valence-corrected chi connectivity index (χ0v) is 8.27. The number of aliphatic carboxylic acids is 1. The molecule has 5 nitrogen and oxygen atoms in total. The van der Waals surface area contributed by atoms with Crippen LogP contribution in [-0.4, -0.2) is 26.0 Å². The van der Waals surface area contributed by atoms with Crippen LogP contribution in [0.25, 0.3) is 0 Å². The van der Waals surface area contributed by atoms with Crippen molar-refractivity contribution in [3.63, 3.8) is 0 Å². The molecule has 0 saturated heterocycles. The summed E-state index contributed by atoms with van der Waals surface area (Å²) in [6, 6.07) is 4.53. The van der Waals surface area contributed by atoms with Gasteiger partial charge in [-0.3, -0.25) is 4.79 Å². The maximum Gasteiger partial charge on any atom is 0.215 e. The highest BCUT2D eigenvalue weighted by molar-refractivity contribution is 6.40. The molecule has 0 saturated carbocycles. The van der Waals surface area contributed by atoms with E-state index in [-0.39, 0.29) is 17.1 Å². The lowest BCUT2D eigenvalue weighted by molar-refractivity contribution is -0.296. The first-order chi connectivity index (χ1) is 7.11. The van der Waals surface area contributed by atoms with Gasteiger partial charge in [-0.05, 0) is 12.1 Å². The van der Waals surface area contributed by atoms with E-state index in [1.54, 1.807) is 6.07 Å². The van der Waals surface area contributed by atoms with Crippen LogP contribution in [0.4, 0.5) is 0 Å². The van der Waals surface area contributed by atoms with E-state index in [1.165, 1.54) is 26.4 Å². The van der Waals surface area contributed by atoms with Crippen LogP contribution in [0.3, 0.4) is 0 Å². The average Bonchev–Trinajstić information content (AvgIpc) is 2.26. The minimum atomic E-state index is -1.79. The second-order valence-electron chi connectivity index (χ2n) is 2.65. The summed E-state index contributed by atoms with van der Waals surface area (Å²) in [4.78, 5) is 21.7. The first-order valence-electron chi connectivity index (χ1n) is 4.08. The van der Waals surface area contributed by atoms with Gasteiger partial charge in [0.1, 0.15) is 23.0 Å². The number of methoxy groups -OCH3 is 2. The molecule has 0 aliphatic carbocycles. The van der Waals surface area contributed by atoms with E-state index < -0.39 is 11.8 Å². The molecule has 80 valence electrons. The Morgan fingerprint density at radius 2 is 1.60 bits per heavy atom. The van der Waals surface area contributed by atoms with Crippen molar-refractivity contribution in [3.8, 4) is 11.5 Å². The topological polar surface area (TPSA) is 75.7 Å². The summed E-state index contributed by atoms with van der Waals surface area (Å²) in [5.41, 5.74) is -0.137. The van der Waals surface area contributed by atoms with Crippen LogP contribution in [0.1, 0.15) is 10.4 Å². The largest absolute Gasteiger partial charge is 0.541 e. The summed E-state index contributed by atoms with van der Waals surface area (Å²) in [7, 11) is 2.67. The molecule has 0 heterocycles. The highest BCUT2D eigenvalue weighted by atomic mass is 16.5. The van der Waals surface area contributed by atoms with Gasteiger partial charge in [-0.25, -0.2) is 0 Å². The lowest BCUT2D eigenvalue weighted by atomic mass is 10.1. The predicted molar refractivity (Wildman–Crippen MR) is 48.9 cm³/mol. The van der Waals surface area contributed by atoms with Gasteiger partial charge in [0.25, 0.3) is 0 Å². The molecule has 0 amide bonds. The van der Waals surface area contributed by atoms with Gasteiger partial charge < -0.3 is 19.4 Å². The third-order valence-corrected chi connectivity index (χ3v) is 1.84. The molecule has 0 bridgehead atoms. The van der Waals surface area contributed by atoms with Crippen molar-refractivity contribution in [2.75, 3.05) is 14.2 Å². The number of carbonyl (C=O) groups excluding carboxylic acids is 2. The van der Waals surface area contributed by atoms with Gasteiger partial charge in [0.15, 0.2) is 0 Å². The highest BCUT2D eigenvalue weighted by Crippen LogP contribution is 2.28. The Kier molecular flexibility index (Phi) is 3.28. The molecule has 0 aromatic heterocycles. The summed E-state index contributed by atoms with van der Waals surface area (Å²) in [5.74, 6) is -2.67. The lowest BCUT2D eigenvalue weighted by Gasteiger charge is -2.11. The maximum atomic E-state index is 11.3. The van der Waals surface area contributed by atoms with E-state index in [9.17, 15) is 14.7 Å². The van der Waals surface area contributed by atoms with Crippen LogP contribution in [0, 0.1) is 0 Å². The molecular weight excluding hydrogens is 200 g/mol. The Morgan fingerprint density at radius 3 is 1.93 bits per heavy atom. The van der Waals surface area contributed by atoms with Gasteiger partial charge in [-0.15, -0.1) is 0 Å². The number of ether oxygens (including phenoxy) is 2. The van der Waals surface area contributed by atoms with Gasteiger partial charge in [-0.2, -0.15) is 0 Å². The molecule has 0 aliphatic rings. The van der Waals surface area contributed by atoms with Gasteiger partial charge >= 0.3 is 0 Å². The van der Waals surface area contributed by atoms with Crippen LogP contribution < -0.4 is 14.6 Å². The summed E-state index contributed by atoms with van der Waals surface area (Å²) >= 11 is 0. The third kappa shape index (κ3) is 2.07. The number of benzene rings is 1. The van der Waals surface area contributed by atoms with E-state index in [2.05, 4.69) is 0 Å². The average molecular weight is 209 g/mol. The smallest absolute Gasteiger partial charge is 0.215 e. The molecule has 0 atom stereocenters. The van der Waals surface area contributed by atoms with Crippen molar-refractivity contribution in [1.29, 1.82) is 0 Å². The Balaban J connectivity index is 3.34. The second kappa shape index (κ2) is 4.45. The number of ketones is 1. The van der Waals surface area contributed by atoms with Crippen LogP contribution in [-0.2, 0) is 4.79 Å². The summed E-state index contributed by atoms with van der Waals surface area (Å²) in [5, 5.41) is 10.5. The fraction of sp³-hybridized carbons (Fsp3) is 0.200. The lowest BCUT2D eigenvalue weighted by Crippen LogP contribution is -2.32. The Hall–Kier alpha value is -2.04. The molecule has 1 rings (SSSR count). The summed E-state index contributed by atoms with van der Waals surface area (Å²) in [6.07, 6.45) is 0. The van der Waals surface area contributed by atoms with Crippen molar-refractivity contribution >= 4 is 11.8 Å². The molecule has 5 heteroatoms. The van der Waals surface area contributed by atoms with Crippen LogP contribution in [0.2, 0.25) is 0 Å². The van der Waals surface area contributed by atoms with Gasteiger partial charge in [-0.1, -0.05) is 6.07 Å². The Labute approximate surface area is 86.2 Å². The molecule has 0 fully saturated rings. The van der Waals surface area contributed by atoms with E-state index in [0.717, 1.165) is 0 Å². The van der Waals surface area contributed by atoms with E-state index in [4.69, 9.17) is 9.47 Å². The van der Waals surface area contributed by atoms with Crippen LogP contribution >= 0.6 is 0 Å². The predicted octanol–water partition coefficient (Wildman–Crippen LogP) is -0.364. The van der Waals surface area contributed by atoms with Crippen molar-refractivity contribution in [1.82, 2.24) is 0 Å². The quantitative estimate of drug-likeness (QED) is 0.499. The minimum Gasteiger partial charge on any atom is -0.541 e.